The molecule has 27 heavy (non-hydrogen) atoms. The van der Waals surface area contributed by atoms with Gasteiger partial charge in [-0.05, 0) is 36.5 Å². The SMILES string of the molecule is C=C(C)Cn1c(SCC(N)=O)nc2sc3c(c2c1=O)CCc1ccccc1-3. The molecule has 0 aliphatic heterocycles. The van der Waals surface area contributed by atoms with Crippen molar-refractivity contribution in [3.63, 3.8) is 0 Å². The summed E-state index contributed by atoms with van der Waals surface area (Å²) in [6.07, 6.45) is 1.76. The normalized spacial score (nSPS) is 12.6. The number of thiophene rings is 1. The number of hydrogen-bond acceptors (Lipinski definition) is 5. The second-order valence-electron chi connectivity index (χ2n) is 6.74. The van der Waals surface area contributed by atoms with E-state index in [1.54, 1.807) is 15.9 Å². The van der Waals surface area contributed by atoms with Gasteiger partial charge in [0.2, 0.25) is 5.91 Å². The molecule has 0 bridgehead atoms. The van der Waals surface area contributed by atoms with Crippen molar-refractivity contribution in [2.24, 2.45) is 5.73 Å². The molecule has 1 aliphatic rings. The Bertz CT molecular complexity index is 1140. The maximum atomic E-state index is 13.3. The second-order valence-corrected chi connectivity index (χ2v) is 8.69. The minimum absolute atomic E-state index is 0.0631. The molecular weight excluding hydrogens is 378 g/mol. The van der Waals surface area contributed by atoms with Gasteiger partial charge in [0, 0.05) is 11.4 Å². The molecule has 0 fully saturated rings. The number of aromatic nitrogens is 2. The van der Waals surface area contributed by atoms with Crippen molar-refractivity contribution in [2.45, 2.75) is 31.5 Å². The summed E-state index contributed by atoms with van der Waals surface area (Å²) >= 11 is 2.76. The average molecular weight is 398 g/mol. The van der Waals surface area contributed by atoms with Gasteiger partial charge in [0.1, 0.15) is 4.83 Å². The second kappa shape index (κ2) is 6.98. The number of amides is 1. The fraction of sp³-hybridized carbons (Fsp3) is 0.250. The van der Waals surface area contributed by atoms with Crippen LogP contribution in [0.2, 0.25) is 0 Å². The number of fused-ring (bicyclic) bond motifs is 5. The lowest BCUT2D eigenvalue weighted by atomic mass is 9.90. The topological polar surface area (TPSA) is 78.0 Å². The highest BCUT2D eigenvalue weighted by atomic mass is 32.2. The summed E-state index contributed by atoms with van der Waals surface area (Å²) in [6.45, 7) is 6.18. The van der Waals surface area contributed by atoms with E-state index in [0.29, 0.717) is 17.1 Å². The minimum Gasteiger partial charge on any atom is -0.369 e. The molecular formula is C20H19N3O2S2. The lowest BCUT2D eigenvalue weighted by Crippen LogP contribution is -2.25. The van der Waals surface area contributed by atoms with E-state index in [1.165, 1.54) is 22.9 Å². The summed E-state index contributed by atoms with van der Waals surface area (Å²) in [5, 5.41) is 1.22. The van der Waals surface area contributed by atoms with E-state index >= 15 is 0 Å². The highest BCUT2D eigenvalue weighted by molar-refractivity contribution is 7.99. The molecule has 2 heterocycles. The third-order valence-electron chi connectivity index (χ3n) is 4.55. The van der Waals surface area contributed by atoms with Crippen LogP contribution in [0.5, 0.6) is 0 Å². The van der Waals surface area contributed by atoms with Gasteiger partial charge in [-0.25, -0.2) is 4.98 Å². The number of benzene rings is 1. The molecule has 0 unspecified atom stereocenters. The summed E-state index contributed by atoms with van der Waals surface area (Å²) in [4.78, 5) is 31.2. The Labute approximate surface area is 164 Å². The Hall–Kier alpha value is -2.38. The van der Waals surface area contributed by atoms with Crippen LogP contribution in [0.15, 0.2) is 46.4 Å². The minimum atomic E-state index is -0.435. The smallest absolute Gasteiger partial charge is 0.263 e. The summed E-state index contributed by atoms with van der Waals surface area (Å²) in [5.74, 6) is -0.349. The van der Waals surface area contributed by atoms with Crippen LogP contribution < -0.4 is 11.3 Å². The molecule has 3 aromatic rings. The number of allylic oxidation sites excluding steroid dienone is 1. The third-order valence-corrected chi connectivity index (χ3v) is 6.71. The van der Waals surface area contributed by atoms with E-state index in [4.69, 9.17) is 10.7 Å². The zero-order valence-corrected chi connectivity index (χ0v) is 16.6. The van der Waals surface area contributed by atoms with Crippen LogP contribution in [-0.4, -0.2) is 21.2 Å². The van der Waals surface area contributed by atoms with Gasteiger partial charge in [0.05, 0.1) is 11.1 Å². The van der Waals surface area contributed by atoms with E-state index in [1.807, 2.05) is 19.1 Å². The summed E-state index contributed by atoms with van der Waals surface area (Å²) in [7, 11) is 0. The van der Waals surface area contributed by atoms with E-state index in [2.05, 4.69) is 18.7 Å². The van der Waals surface area contributed by atoms with Gasteiger partial charge in [-0.3, -0.25) is 14.2 Å². The van der Waals surface area contributed by atoms with Gasteiger partial charge in [-0.15, -0.1) is 11.3 Å². The molecule has 2 N–H and O–H groups in total. The first-order chi connectivity index (χ1) is 13.0. The molecule has 5 nitrogen and oxygen atoms in total. The van der Waals surface area contributed by atoms with Gasteiger partial charge in [-0.1, -0.05) is 48.2 Å². The fourth-order valence-electron chi connectivity index (χ4n) is 3.45. The molecule has 2 aromatic heterocycles. The third kappa shape index (κ3) is 3.21. The number of thioether (sulfide) groups is 1. The van der Waals surface area contributed by atoms with Crippen LogP contribution in [-0.2, 0) is 24.2 Å². The van der Waals surface area contributed by atoms with Crippen molar-refractivity contribution >= 4 is 39.2 Å². The molecule has 0 saturated heterocycles. The van der Waals surface area contributed by atoms with Gasteiger partial charge in [0.25, 0.3) is 5.56 Å². The van der Waals surface area contributed by atoms with Crippen molar-refractivity contribution in [1.82, 2.24) is 9.55 Å². The Morgan fingerprint density at radius 2 is 2.15 bits per heavy atom. The number of carbonyl (C=O) groups excluding carboxylic acids is 1. The number of rotatable bonds is 5. The fourth-order valence-corrected chi connectivity index (χ4v) is 5.51. The molecule has 4 rings (SSSR count). The predicted molar refractivity (Wildman–Crippen MR) is 111 cm³/mol. The standard InChI is InChI=1S/C20H19N3O2S2/c1-11(2)9-23-19(25)16-14-8-7-12-5-3-4-6-13(12)17(14)27-18(16)22-20(23)26-10-15(21)24/h3-6H,1,7-10H2,2H3,(H2,21,24). The highest BCUT2D eigenvalue weighted by Gasteiger charge is 2.25. The predicted octanol–water partition coefficient (Wildman–Crippen LogP) is 3.38. The van der Waals surface area contributed by atoms with Crippen LogP contribution in [0.4, 0.5) is 0 Å². The van der Waals surface area contributed by atoms with E-state index in [0.717, 1.165) is 33.7 Å². The Morgan fingerprint density at radius 1 is 1.37 bits per heavy atom. The highest BCUT2D eigenvalue weighted by Crippen LogP contribution is 2.42. The lowest BCUT2D eigenvalue weighted by Gasteiger charge is -2.16. The molecule has 0 atom stereocenters. The van der Waals surface area contributed by atoms with Gasteiger partial charge < -0.3 is 5.73 Å². The number of hydrogen-bond donors (Lipinski definition) is 1. The quantitative estimate of drug-likeness (QED) is 0.407. The maximum Gasteiger partial charge on any atom is 0.263 e. The summed E-state index contributed by atoms with van der Waals surface area (Å²) < 4.78 is 1.62. The summed E-state index contributed by atoms with van der Waals surface area (Å²) in [5.41, 5.74) is 9.67. The van der Waals surface area contributed by atoms with Crippen LogP contribution in [0.25, 0.3) is 20.7 Å². The first-order valence-corrected chi connectivity index (χ1v) is 10.5. The Kier molecular flexibility index (Phi) is 4.65. The van der Waals surface area contributed by atoms with Crippen LogP contribution in [0.3, 0.4) is 0 Å². The average Bonchev–Trinajstić information content (AvgIpc) is 3.01. The van der Waals surface area contributed by atoms with Gasteiger partial charge in [-0.2, -0.15) is 0 Å². The molecule has 1 aliphatic carbocycles. The number of carbonyl (C=O) groups is 1. The van der Waals surface area contributed by atoms with Crippen molar-refractivity contribution < 1.29 is 4.79 Å². The number of nitrogens with zero attached hydrogens (tertiary/aromatic N) is 2. The number of nitrogens with two attached hydrogens (primary N) is 1. The monoisotopic (exact) mass is 397 g/mol. The van der Waals surface area contributed by atoms with Crippen molar-refractivity contribution in [3.05, 3.63) is 57.9 Å². The van der Waals surface area contributed by atoms with Crippen molar-refractivity contribution in [1.29, 1.82) is 0 Å². The van der Waals surface area contributed by atoms with E-state index in [9.17, 15) is 9.59 Å². The molecule has 1 amide bonds. The molecule has 7 heteroatoms. The van der Waals surface area contributed by atoms with Gasteiger partial charge >= 0.3 is 0 Å². The zero-order valence-electron chi connectivity index (χ0n) is 14.9. The maximum absolute atomic E-state index is 13.3. The largest absolute Gasteiger partial charge is 0.369 e. The number of primary amides is 1. The molecule has 0 spiro atoms. The molecule has 1 aromatic carbocycles. The van der Waals surface area contributed by atoms with Crippen molar-refractivity contribution in [2.75, 3.05) is 5.75 Å². The molecule has 0 radical (unpaired) electrons. The van der Waals surface area contributed by atoms with Crippen molar-refractivity contribution in [3.8, 4) is 10.4 Å². The molecule has 138 valence electrons. The first kappa shape index (κ1) is 18.0. The summed E-state index contributed by atoms with van der Waals surface area (Å²) in [6, 6.07) is 8.33. The Balaban J connectivity index is 1.95. The van der Waals surface area contributed by atoms with Crippen LogP contribution in [0.1, 0.15) is 18.1 Å². The first-order valence-electron chi connectivity index (χ1n) is 8.65. The zero-order chi connectivity index (χ0) is 19.1. The molecule has 0 saturated carbocycles. The van der Waals surface area contributed by atoms with Crippen LogP contribution >= 0.6 is 23.1 Å². The van der Waals surface area contributed by atoms with E-state index in [-0.39, 0.29) is 11.3 Å². The Morgan fingerprint density at radius 3 is 2.89 bits per heavy atom. The lowest BCUT2D eigenvalue weighted by molar-refractivity contribution is -0.115. The van der Waals surface area contributed by atoms with E-state index < -0.39 is 5.91 Å². The van der Waals surface area contributed by atoms with Gasteiger partial charge in [0.15, 0.2) is 5.16 Å². The van der Waals surface area contributed by atoms with Crippen LogP contribution in [0, 0.1) is 0 Å². The number of aryl methyl sites for hydroxylation is 2.